The number of halogens is 1. The number of para-hydroxylation sites is 2. The van der Waals surface area contributed by atoms with Crippen molar-refractivity contribution >= 4 is 29.9 Å². The first-order valence-electron chi connectivity index (χ1n) is 9.13. The molecule has 2 amide bonds. The Morgan fingerprint density at radius 1 is 1.38 bits per heavy atom. The van der Waals surface area contributed by atoms with Crippen LogP contribution >= 0.6 is 12.4 Å². The van der Waals surface area contributed by atoms with Crippen molar-refractivity contribution in [1.82, 2.24) is 10.6 Å². The van der Waals surface area contributed by atoms with Gasteiger partial charge in [0.1, 0.15) is 5.75 Å². The molecule has 26 heavy (non-hydrogen) atoms. The van der Waals surface area contributed by atoms with E-state index in [2.05, 4.69) is 17.6 Å². The van der Waals surface area contributed by atoms with Gasteiger partial charge in [0.2, 0.25) is 11.8 Å². The van der Waals surface area contributed by atoms with E-state index in [1.807, 2.05) is 31.2 Å². The molecule has 0 bridgehead atoms. The van der Waals surface area contributed by atoms with E-state index in [0.717, 1.165) is 25.2 Å². The van der Waals surface area contributed by atoms with E-state index in [-0.39, 0.29) is 42.6 Å². The summed E-state index contributed by atoms with van der Waals surface area (Å²) in [6.07, 6.45) is 1.19. The highest BCUT2D eigenvalue weighted by Crippen LogP contribution is 2.33. The van der Waals surface area contributed by atoms with Gasteiger partial charge in [-0.05, 0) is 44.5 Å². The quantitative estimate of drug-likeness (QED) is 0.818. The van der Waals surface area contributed by atoms with Crippen LogP contribution in [0.3, 0.4) is 0 Å². The maximum Gasteiger partial charge on any atom is 0.227 e. The average molecular weight is 382 g/mol. The maximum atomic E-state index is 12.7. The van der Waals surface area contributed by atoms with E-state index in [4.69, 9.17) is 4.74 Å². The number of hydrogen-bond donors (Lipinski definition) is 2. The molecule has 0 saturated carbocycles. The van der Waals surface area contributed by atoms with Crippen molar-refractivity contribution in [3.63, 3.8) is 0 Å². The van der Waals surface area contributed by atoms with Gasteiger partial charge in [-0.3, -0.25) is 9.59 Å². The standard InChI is InChI=1S/C19H27N3O3.ClH/c1-3-25-17-7-5-4-6-16(17)22-12-14(10-18(22)23)19(24)21-15-8-9-20-11-13(15)2;/h4-7,13-15,20H,3,8-12H2,1-2H3,(H,21,24);1H. The SMILES string of the molecule is CCOc1ccccc1N1CC(C(=O)NC2CCNCC2C)CC1=O.Cl. The second-order valence-electron chi connectivity index (χ2n) is 6.89. The molecule has 2 fully saturated rings. The number of nitrogens with one attached hydrogen (secondary N) is 2. The van der Waals surface area contributed by atoms with E-state index in [1.165, 1.54) is 0 Å². The van der Waals surface area contributed by atoms with Crippen molar-refractivity contribution < 1.29 is 14.3 Å². The Kier molecular flexibility index (Phi) is 7.29. The van der Waals surface area contributed by atoms with Crippen molar-refractivity contribution in [1.29, 1.82) is 0 Å². The molecular weight excluding hydrogens is 354 g/mol. The fourth-order valence-electron chi connectivity index (χ4n) is 3.60. The van der Waals surface area contributed by atoms with Gasteiger partial charge >= 0.3 is 0 Å². The highest BCUT2D eigenvalue weighted by atomic mass is 35.5. The predicted molar refractivity (Wildman–Crippen MR) is 104 cm³/mol. The average Bonchev–Trinajstić information content (AvgIpc) is 2.99. The Labute approximate surface area is 161 Å². The van der Waals surface area contributed by atoms with E-state index in [1.54, 1.807) is 4.90 Å². The fourth-order valence-corrected chi connectivity index (χ4v) is 3.60. The van der Waals surface area contributed by atoms with Crippen molar-refractivity contribution in [3.8, 4) is 5.75 Å². The number of hydrogen-bond acceptors (Lipinski definition) is 4. The van der Waals surface area contributed by atoms with Gasteiger partial charge in [0.25, 0.3) is 0 Å². The Bertz CT molecular complexity index is 640. The highest BCUT2D eigenvalue weighted by molar-refractivity contribution is 6.01. The normalized spacial score (nSPS) is 25.5. The summed E-state index contributed by atoms with van der Waals surface area (Å²) in [5, 5.41) is 6.49. The van der Waals surface area contributed by atoms with Gasteiger partial charge in [-0.25, -0.2) is 0 Å². The van der Waals surface area contributed by atoms with Crippen LogP contribution in [0.1, 0.15) is 26.7 Å². The lowest BCUT2D eigenvalue weighted by atomic mass is 9.94. The third-order valence-electron chi connectivity index (χ3n) is 5.06. The smallest absolute Gasteiger partial charge is 0.227 e. The Morgan fingerprint density at radius 3 is 2.88 bits per heavy atom. The zero-order valence-corrected chi connectivity index (χ0v) is 16.2. The summed E-state index contributed by atoms with van der Waals surface area (Å²) < 4.78 is 5.63. The van der Waals surface area contributed by atoms with E-state index < -0.39 is 0 Å². The number of piperidine rings is 1. The van der Waals surface area contributed by atoms with Gasteiger partial charge in [-0.15, -0.1) is 12.4 Å². The molecule has 2 saturated heterocycles. The molecule has 3 rings (SSSR count). The van der Waals surface area contributed by atoms with Crippen LogP contribution in [0.5, 0.6) is 5.75 Å². The molecule has 6 nitrogen and oxygen atoms in total. The topological polar surface area (TPSA) is 70.7 Å². The zero-order valence-electron chi connectivity index (χ0n) is 15.4. The van der Waals surface area contributed by atoms with Gasteiger partial charge in [-0.2, -0.15) is 0 Å². The number of benzene rings is 1. The van der Waals surface area contributed by atoms with Crippen LogP contribution < -0.4 is 20.3 Å². The minimum atomic E-state index is -0.302. The van der Waals surface area contributed by atoms with Crippen LogP contribution in [-0.2, 0) is 9.59 Å². The van der Waals surface area contributed by atoms with Gasteiger partial charge in [-0.1, -0.05) is 19.1 Å². The summed E-state index contributed by atoms with van der Waals surface area (Å²) in [6, 6.07) is 7.69. The lowest BCUT2D eigenvalue weighted by Gasteiger charge is -2.31. The molecule has 2 aliphatic rings. The van der Waals surface area contributed by atoms with Crippen LogP contribution in [0.4, 0.5) is 5.69 Å². The maximum absolute atomic E-state index is 12.7. The lowest BCUT2D eigenvalue weighted by molar-refractivity contribution is -0.127. The number of nitrogens with zero attached hydrogens (tertiary/aromatic N) is 1. The largest absolute Gasteiger partial charge is 0.492 e. The fraction of sp³-hybridized carbons (Fsp3) is 0.579. The molecule has 0 radical (unpaired) electrons. The molecular formula is C19H28ClN3O3. The van der Waals surface area contributed by atoms with Crippen LogP contribution in [0.25, 0.3) is 0 Å². The van der Waals surface area contributed by atoms with Crippen molar-refractivity contribution in [3.05, 3.63) is 24.3 Å². The van der Waals surface area contributed by atoms with Gasteiger partial charge < -0.3 is 20.3 Å². The molecule has 3 unspecified atom stereocenters. The molecule has 2 N–H and O–H groups in total. The summed E-state index contributed by atoms with van der Waals surface area (Å²) in [5.74, 6) is 0.759. The summed E-state index contributed by atoms with van der Waals surface area (Å²) in [7, 11) is 0. The number of amides is 2. The van der Waals surface area contributed by atoms with Crippen LogP contribution in [0.15, 0.2) is 24.3 Å². The molecule has 2 aliphatic heterocycles. The van der Waals surface area contributed by atoms with E-state index >= 15 is 0 Å². The first kappa shape index (κ1) is 20.5. The second kappa shape index (κ2) is 9.24. The van der Waals surface area contributed by atoms with E-state index in [0.29, 0.717) is 24.8 Å². The summed E-state index contributed by atoms with van der Waals surface area (Å²) in [4.78, 5) is 26.8. The van der Waals surface area contributed by atoms with E-state index in [9.17, 15) is 9.59 Å². The molecule has 3 atom stereocenters. The summed E-state index contributed by atoms with van der Waals surface area (Å²) >= 11 is 0. The first-order valence-corrected chi connectivity index (χ1v) is 9.13. The summed E-state index contributed by atoms with van der Waals surface area (Å²) in [6.45, 7) is 6.85. The number of carbonyl (C=O) groups excluding carboxylic acids is 2. The van der Waals surface area contributed by atoms with Crippen molar-refractivity contribution in [2.45, 2.75) is 32.7 Å². The number of rotatable bonds is 5. The molecule has 0 spiro atoms. The lowest BCUT2D eigenvalue weighted by Crippen LogP contribution is -2.50. The van der Waals surface area contributed by atoms with Gasteiger partial charge in [0, 0.05) is 19.0 Å². The second-order valence-corrected chi connectivity index (χ2v) is 6.89. The minimum Gasteiger partial charge on any atom is -0.492 e. The number of anilines is 1. The third-order valence-corrected chi connectivity index (χ3v) is 5.06. The predicted octanol–water partition coefficient (Wildman–Crippen LogP) is 1.97. The van der Waals surface area contributed by atoms with Crippen molar-refractivity contribution in [2.75, 3.05) is 31.1 Å². The van der Waals surface area contributed by atoms with Crippen LogP contribution in [0, 0.1) is 11.8 Å². The Hall–Kier alpha value is -1.79. The first-order chi connectivity index (χ1) is 12.1. The highest BCUT2D eigenvalue weighted by Gasteiger charge is 2.37. The van der Waals surface area contributed by atoms with Crippen LogP contribution in [0.2, 0.25) is 0 Å². The Morgan fingerprint density at radius 2 is 2.15 bits per heavy atom. The van der Waals surface area contributed by atoms with Gasteiger partial charge in [0.05, 0.1) is 18.2 Å². The molecule has 1 aromatic rings. The third kappa shape index (κ3) is 4.48. The zero-order chi connectivity index (χ0) is 17.8. The van der Waals surface area contributed by atoms with Crippen molar-refractivity contribution in [2.24, 2.45) is 11.8 Å². The Balaban J connectivity index is 0.00000243. The summed E-state index contributed by atoms with van der Waals surface area (Å²) in [5.41, 5.74) is 0.750. The molecule has 144 valence electrons. The molecule has 7 heteroatoms. The monoisotopic (exact) mass is 381 g/mol. The molecule has 1 aromatic carbocycles. The van der Waals surface area contributed by atoms with Crippen LogP contribution in [-0.4, -0.2) is 44.1 Å². The molecule has 0 aliphatic carbocycles. The molecule has 0 aromatic heterocycles. The molecule has 2 heterocycles. The van der Waals surface area contributed by atoms with Gasteiger partial charge in [0.15, 0.2) is 0 Å². The number of ether oxygens (including phenoxy) is 1. The number of carbonyl (C=O) groups is 2. The minimum absolute atomic E-state index is 0.